The number of pyridine rings is 2. The maximum Gasteiger partial charge on any atom is 0.490 e. The number of anilines is 2. The first-order valence-corrected chi connectivity index (χ1v) is 10.6. The molecule has 37 heavy (non-hydrogen) atoms. The predicted molar refractivity (Wildman–Crippen MR) is 117 cm³/mol. The van der Waals surface area contributed by atoms with Crippen molar-refractivity contribution in [3.63, 3.8) is 0 Å². The van der Waals surface area contributed by atoms with Crippen LogP contribution in [0.3, 0.4) is 0 Å². The van der Waals surface area contributed by atoms with Crippen molar-refractivity contribution in [3.8, 4) is 0 Å². The van der Waals surface area contributed by atoms with Crippen LogP contribution < -0.4 is 9.80 Å². The minimum Gasteiger partial charge on any atom is -0.475 e. The van der Waals surface area contributed by atoms with Crippen LogP contribution in [0.1, 0.15) is 13.3 Å². The average Bonchev–Trinajstić information content (AvgIpc) is 3.34. The molecule has 202 valence electrons. The molecule has 2 aliphatic heterocycles. The first kappa shape index (κ1) is 29.3. The molecular weight excluding hydrogens is 514 g/mol. The molecule has 0 unspecified atom stereocenters. The number of rotatable bonds is 2. The summed E-state index contributed by atoms with van der Waals surface area (Å²) in [6.45, 7) is 4.59. The standard InChI is InChI=1S/C18H20N4O.2C2HF3O2/c1-14-12-21(16-6-2-3-9-20-16)13-18(14)7-10-22(17(18)23)15-5-4-8-19-11-15;2*3-2(4,5)1(6)7/h2-6,8-9,11,14H,7,10,12-13H2,1H3;2*(H,6,7)/t14-,18-;;/m0../s1. The van der Waals surface area contributed by atoms with Crippen molar-refractivity contribution >= 4 is 29.4 Å². The lowest BCUT2D eigenvalue weighted by molar-refractivity contribution is -0.193. The Hall–Kier alpha value is -3.91. The van der Waals surface area contributed by atoms with Gasteiger partial charge in [0.1, 0.15) is 5.82 Å². The molecule has 2 aromatic rings. The first-order valence-electron chi connectivity index (χ1n) is 10.6. The lowest BCUT2D eigenvalue weighted by Crippen LogP contribution is -2.39. The van der Waals surface area contributed by atoms with Gasteiger partial charge in [-0.2, -0.15) is 26.3 Å². The smallest absolute Gasteiger partial charge is 0.475 e. The molecule has 2 saturated heterocycles. The topological polar surface area (TPSA) is 124 Å². The monoisotopic (exact) mass is 536 g/mol. The van der Waals surface area contributed by atoms with Crippen LogP contribution in [0, 0.1) is 11.3 Å². The Morgan fingerprint density at radius 1 is 1.00 bits per heavy atom. The fraction of sp³-hybridized carbons (Fsp3) is 0.409. The fourth-order valence-corrected chi connectivity index (χ4v) is 3.93. The molecule has 0 bridgehead atoms. The van der Waals surface area contributed by atoms with Crippen LogP contribution in [0.2, 0.25) is 0 Å². The molecule has 4 heterocycles. The first-order chi connectivity index (χ1) is 17.1. The number of carboxylic acids is 2. The van der Waals surface area contributed by atoms with Crippen LogP contribution in [0.4, 0.5) is 37.8 Å². The molecule has 2 N–H and O–H groups in total. The van der Waals surface area contributed by atoms with E-state index >= 15 is 0 Å². The summed E-state index contributed by atoms with van der Waals surface area (Å²) in [4.78, 5) is 43.7. The average molecular weight is 536 g/mol. The number of amides is 1. The van der Waals surface area contributed by atoms with Crippen molar-refractivity contribution in [1.82, 2.24) is 9.97 Å². The van der Waals surface area contributed by atoms with Gasteiger partial charge in [0, 0.05) is 32.0 Å². The fourth-order valence-electron chi connectivity index (χ4n) is 3.93. The minimum atomic E-state index is -5.08. The Kier molecular flexibility index (Phi) is 9.06. The molecule has 2 aromatic heterocycles. The van der Waals surface area contributed by atoms with E-state index in [1.807, 2.05) is 41.4 Å². The van der Waals surface area contributed by atoms with Gasteiger partial charge in [-0.05, 0) is 36.6 Å². The molecule has 4 rings (SSSR count). The summed E-state index contributed by atoms with van der Waals surface area (Å²) in [7, 11) is 0. The summed E-state index contributed by atoms with van der Waals surface area (Å²) in [6.07, 6.45) is -3.96. The number of hydrogen-bond acceptors (Lipinski definition) is 6. The third-order valence-corrected chi connectivity index (χ3v) is 5.78. The van der Waals surface area contributed by atoms with Crippen molar-refractivity contribution in [2.45, 2.75) is 25.7 Å². The number of hydrogen-bond donors (Lipinski definition) is 2. The minimum absolute atomic E-state index is 0.233. The van der Waals surface area contributed by atoms with Crippen LogP contribution in [0.15, 0.2) is 48.9 Å². The van der Waals surface area contributed by atoms with E-state index < -0.39 is 24.3 Å². The van der Waals surface area contributed by atoms with Gasteiger partial charge in [-0.15, -0.1) is 0 Å². The summed E-state index contributed by atoms with van der Waals surface area (Å²) in [5, 5.41) is 14.2. The van der Waals surface area contributed by atoms with E-state index in [0.717, 1.165) is 37.6 Å². The molecule has 0 aliphatic carbocycles. The predicted octanol–water partition coefficient (Wildman–Crippen LogP) is 3.62. The normalized spacial score (nSPS) is 21.2. The highest BCUT2D eigenvalue weighted by Crippen LogP contribution is 2.46. The van der Waals surface area contributed by atoms with Gasteiger partial charge in [0.15, 0.2) is 0 Å². The van der Waals surface area contributed by atoms with E-state index in [2.05, 4.69) is 21.8 Å². The van der Waals surface area contributed by atoms with Gasteiger partial charge in [-0.1, -0.05) is 13.0 Å². The quantitative estimate of drug-likeness (QED) is 0.558. The summed E-state index contributed by atoms with van der Waals surface area (Å²) in [6, 6.07) is 9.77. The van der Waals surface area contributed by atoms with Gasteiger partial charge in [0.2, 0.25) is 5.91 Å². The molecule has 1 spiro atoms. The summed E-state index contributed by atoms with van der Waals surface area (Å²) in [5.74, 6) is -4.00. The Balaban J connectivity index is 0.000000286. The number of carbonyl (C=O) groups excluding carboxylic acids is 1. The SMILES string of the molecule is C[C@H]1CN(c2ccccn2)C[C@@]12CCN(c1cccnc1)C2=O.O=C(O)C(F)(F)F.O=C(O)C(F)(F)F. The molecule has 1 amide bonds. The van der Waals surface area contributed by atoms with Crippen molar-refractivity contribution in [3.05, 3.63) is 48.9 Å². The van der Waals surface area contributed by atoms with Gasteiger partial charge in [0.05, 0.1) is 17.3 Å². The highest BCUT2D eigenvalue weighted by Gasteiger charge is 2.55. The summed E-state index contributed by atoms with van der Waals surface area (Å²) in [5.41, 5.74) is 0.603. The van der Waals surface area contributed by atoms with Gasteiger partial charge in [-0.3, -0.25) is 9.78 Å². The molecule has 0 radical (unpaired) electrons. The number of halogens is 6. The molecule has 2 aliphatic rings. The number of carboxylic acid groups (broad SMARTS) is 2. The molecular formula is C22H22F6N4O5. The lowest BCUT2D eigenvalue weighted by Gasteiger charge is -2.26. The van der Waals surface area contributed by atoms with E-state index in [1.54, 1.807) is 12.4 Å². The molecule has 0 aromatic carbocycles. The molecule has 15 heteroatoms. The van der Waals surface area contributed by atoms with Crippen molar-refractivity contribution in [1.29, 1.82) is 0 Å². The van der Waals surface area contributed by atoms with Gasteiger partial charge >= 0.3 is 24.3 Å². The zero-order valence-corrected chi connectivity index (χ0v) is 19.2. The number of aliphatic carboxylic acids is 2. The van der Waals surface area contributed by atoms with Crippen LogP contribution in [0.5, 0.6) is 0 Å². The number of aromatic nitrogens is 2. The van der Waals surface area contributed by atoms with Gasteiger partial charge < -0.3 is 20.0 Å². The van der Waals surface area contributed by atoms with Crippen molar-refractivity contribution in [2.75, 3.05) is 29.4 Å². The second-order valence-corrected chi connectivity index (χ2v) is 8.15. The van der Waals surface area contributed by atoms with E-state index in [1.165, 1.54) is 0 Å². The second-order valence-electron chi connectivity index (χ2n) is 8.15. The Bertz CT molecular complexity index is 1060. The Morgan fingerprint density at radius 2 is 1.59 bits per heavy atom. The molecule has 9 nitrogen and oxygen atoms in total. The molecule has 0 saturated carbocycles. The third kappa shape index (κ3) is 7.30. The van der Waals surface area contributed by atoms with Crippen molar-refractivity contribution in [2.24, 2.45) is 11.3 Å². The van der Waals surface area contributed by atoms with Gasteiger partial charge in [-0.25, -0.2) is 14.6 Å². The highest BCUT2D eigenvalue weighted by molar-refractivity contribution is 6.00. The molecule has 2 atom stereocenters. The Labute approximate surface area is 206 Å². The van der Waals surface area contributed by atoms with Crippen LogP contribution in [-0.4, -0.2) is 70.0 Å². The van der Waals surface area contributed by atoms with Gasteiger partial charge in [0.25, 0.3) is 0 Å². The highest BCUT2D eigenvalue weighted by atomic mass is 19.4. The van der Waals surface area contributed by atoms with E-state index in [9.17, 15) is 31.1 Å². The van der Waals surface area contributed by atoms with Crippen LogP contribution >= 0.6 is 0 Å². The van der Waals surface area contributed by atoms with Crippen molar-refractivity contribution < 1.29 is 50.9 Å². The van der Waals surface area contributed by atoms with E-state index in [0.29, 0.717) is 5.92 Å². The number of nitrogens with zero attached hydrogens (tertiary/aromatic N) is 4. The number of alkyl halides is 6. The lowest BCUT2D eigenvalue weighted by atomic mass is 9.78. The maximum absolute atomic E-state index is 13.2. The second kappa shape index (κ2) is 11.4. The van der Waals surface area contributed by atoms with E-state index in [-0.39, 0.29) is 11.3 Å². The third-order valence-electron chi connectivity index (χ3n) is 5.78. The van der Waals surface area contributed by atoms with Crippen LogP contribution in [0.25, 0.3) is 0 Å². The zero-order chi connectivity index (χ0) is 28.0. The largest absolute Gasteiger partial charge is 0.490 e. The van der Waals surface area contributed by atoms with E-state index in [4.69, 9.17) is 19.8 Å². The summed E-state index contributed by atoms with van der Waals surface area (Å²) >= 11 is 0. The maximum atomic E-state index is 13.2. The van der Waals surface area contributed by atoms with Crippen LogP contribution in [-0.2, 0) is 14.4 Å². The zero-order valence-electron chi connectivity index (χ0n) is 19.2. The molecule has 2 fully saturated rings. The summed E-state index contributed by atoms with van der Waals surface area (Å²) < 4.78 is 63.5. The Morgan fingerprint density at radius 3 is 2.05 bits per heavy atom. The number of carbonyl (C=O) groups is 3.